The Morgan fingerprint density at radius 1 is 1.38 bits per heavy atom. The summed E-state index contributed by atoms with van der Waals surface area (Å²) in [7, 11) is 2.01. The fraction of sp³-hybridized carbons (Fsp3) is 0.182. The molecular weight excluding hydrogens is 162 g/mol. The van der Waals surface area contributed by atoms with E-state index in [2.05, 4.69) is 17.7 Å². The molecule has 0 fully saturated rings. The Hall–Kier alpha value is -1.57. The highest BCUT2D eigenvalue weighted by molar-refractivity contribution is 5.89. The molecule has 0 aliphatic heterocycles. The predicted molar refractivity (Wildman–Crippen MR) is 53.0 cm³/mol. The molecule has 0 amide bonds. The molecular formula is C11H11NO. The zero-order chi connectivity index (χ0) is 9.42. The average molecular weight is 173 g/mol. The molecule has 2 nitrogen and oxygen atoms in total. The summed E-state index contributed by atoms with van der Waals surface area (Å²) >= 11 is 0. The first kappa shape index (κ1) is 8.05. The van der Waals surface area contributed by atoms with Gasteiger partial charge in [-0.3, -0.25) is 4.79 Å². The number of aryl methyl sites for hydroxylation is 2. The number of carbonyl (C=O) groups excluding carboxylic acids is 1. The van der Waals surface area contributed by atoms with Gasteiger partial charge in [-0.15, -0.1) is 0 Å². The lowest BCUT2D eigenvalue weighted by Gasteiger charge is -1.95. The van der Waals surface area contributed by atoms with Crippen LogP contribution in [0.5, 0.6) is 0 Å². The van der Waals surface area contributed by atoms with E-state index in [9.17, 15) is 4.79 Å². The van der Waals surface area contributed by atoms with Gasteiger partial charge in [0.15, 0.2) is 0 Å². The smallest absolute Gasteiger partial charge is 0.150 e. The minimum atomic E-state index is 0.738. The van der Waals surface area contributed by atoms with E-state index in [4.69, 9.17) is 0 Å². The molecule has 0 aliphatic rings. The predicted octanol–water partition coefficient (Wildman–Crippen LogP) is 2.30. The zero-order valence-electron chi connectivity index (χ0n) is 7.74. The van der Waals surface area contributed by atoms with Gasteiger partial charge in [0.2, 0.25) is 0 Å². The Bertz CT molecular complexity index is 468. The van der Waals surface area contributed by atoms with Crippen molar-refractivity contribution in [3.63, 3.8) is 0 Å². The second kappa shape index (κ2) is 2.73. The molecule has 2 heteroatoms. The fourth-order valence-corrected chi connectivity index (χ4v) is 1.68. The number of hydrogen-bond donors (Lipinski definition) is 0. The lowest BCUT2D eigenvalue weighted by Crippen LogP contribution is -1.84. The summed E-state index contributed by atoms with van der Waals surface area (Å²) in [5, 5.41) is 1.16. The molecule has 2 rings (SSSR count). The molecule has 1 aromatic heterocycles. The van der Waals surface area contributed by atoms with Crippen LogP contribution in [0.3, 0.4) is 0 Å². The summed E-state index contributed by atoms with van der Waals surface area (Å²) in [6.45, 7) is 2.05. The average Bonchev–Trinajstić information content (AvgIpc) is 2.42. The number of hydrogen-bond acceptors (Lipinski definition) is 1. The molecule has 2 aromatic rings. The molecule has 1 heterocycles. The topological polar surface area (TPSA) is 22.0 Å². The number of aromatic nitrogens is 1. The molecule has 1 aromatic carbocycles. The van der Waals surface area contributed by atoms with Crippen molar-refractivity contribution in [1.82, 2.24) is 4.57 Å². The van der Waals surface area contributed by atoms with Gasteiger partial charge in [0.1, 0.15) is 6.29 Å². The van der Waals surface area contributed by atoms with Crippen LogP contribution in [0, 0.1) is 6.92 Å². The number of nitrogens with zero attached hydrogens (tertiary/aromatic N) is 1. The number of rotatable bonds is 1. The van der Waals surface area contributed by atoms with E-state index in [-0.39, 0.29) is 0 Å². The van der Waals surface area contributed by atoms with Crippen LogP contribution < -0.4 is 0 Å². The second-order valence-electron chi connectivity index (χ2n) is 3.32. The Morgan fingerprint density at radius 3 is 2.85 bits per heavy atom. The van der Waals surface area contributed by atoms with Gasteiger partial charge in [-0.1, -0.05) is 0 Å². The quantitative estimate of drug-likeness (QED) is 0.606. The largest absolute Gasteiger partial charge is 0.350 e. The summed E-state index contributed by atoms with van der Waals surface area (Å²) in [6, 6.07) is 5.75. The van der Waals surface area contributed by atoms with Crippen LogP contribution in [-0.4, -0.2) is 10.9 Å². The number of benzene rings is 1. The molecule has 0 saturated heterocycles. The number of aldehydes is 1. The normalized spacial score (nSPS) is 10.6. The molecule has 66 valence electrons. The first-order chi connectivity index (χ1) is 6.22. The van der Waals surface area contributed by atoms with E-state index >= 15 is 0 Å². The third kappa shape index (κ3) is 1.15. The van der Waals surface area contributed by atoms with Crippen LogP contribution in [0.1, 0.15) is 15.9 Å². The number of fused-ring (bicyclic) bond motifs is 1. The van der Waals surface area contributed by atoms with Gasteiger partial charge in [-0.05, 0) is 30.7 Å². The maximum atomic E-state index is 10.6. The standard InChI is InChI=1S/C11H11NO/c1-8-6-12(2)11-4-3-9(7-13)5-10(8)11/h3-7H,1-2H3. The van der Waals surface area contributed by atoms with Gasteiger partial charge in [-0.2, -0.15) is 0 Å². The summed E-state index contributed by atoms with van der Waals surface area (Å²) < 4.78 is 2.07. The van der Waals surface area contributed by atoms with Gasteiger partial charge in [0, 0.05) is 29.7 Å². The molecule has 0 aliphatic carbocycles. The van der Waals surface area contributed by atoms with Crippen molar-refractivity contribution in [2.75, 3.05) is 0 Å². The van der Waals surface area contributed by atoms with Gasteiger partial charge >= 0.3 is 0 Å². The van der Waals surface area contributed by atoms with Crippen molar-refractivity contribution in [2.24, 2.45) is 7.05 Å². The highest BCUT2D eigenvalue weighted by Gasteiger charge is 2.02. The van der Waals surface area contributed by atoms with E-state index in [0.29, 0.717) is 0 Å². The third-order valence-corrected chi connectivity index (χ3v) is 2.35. The Labute approximate surface area is 76.8 Å². The van der Waals surface area contributed by atoms with E-state index < -0.39 is 0 Å². The lowest BCUT2D eigenvalue weighted by molar-refractivity contribution is 0.112. The highest BCUT2D eigenvalue weighted by Crippen LogP contribution is 2.20. The van der Waals surface area contributed by atoms with Crippen LogP contribution in [-0.2, 0) is 7.05 Å². The molecule has 0 saturated carbocycles. The van der Waals surface area contributed by atoms with Crippen molar-refractivity contribution in [2.45, 2.75) is 6.92 Å². The van der Waals surface area contributed by atoms with Gasteiger partial charge in [0.25, 0.3) is 0 Å². The minimum Gasteiger partial charge on any atom is -0.350 e. The second-order valence-corrected chi connectivity index (χ2v) is 3.32. The summed E-state index contributed by atoms with van der Waals surface area (Å²) in [4.78, 5) is 10.6. The molecule has 13 heavy (non-hydrogen) atoms. The van der Waals surface area contributed by atoms with Crippen molar-refractivity contribution in [3.05, 3.63) is 35.5 Å². The Morgan fingerprint density at radius 2 is 2.15 bits per heavy atom. The monoisotopic (exact) mass is 173 g/mol. The van der Waals surface area contributed by atoms with Gasteiger partial charge in [-0.25, -0.2) is 0 Å². The summed E-state index contributed by atoms with van der Waals surface area (Å²) in [5.41, 5.74) is 3.12. The summed E-state index contributed by atoms with van der Waals surface area (Å²) in [5.74, 6) is 0. The van der Waals surface area contributed by atoms with Crippen molar-refractivity contribution < 1.29 is 4.79 Å². The van der Waals surface area contributed by atoms with Crippen LogP contribution in [0.15, 0.2) is 24.4 Å². The van der Waals surface area contributed by atoms with Crippen molar-refractivity contribution in [3.8, 4) is 0 Å². The van der Waals surface area contributed by atoms with Crippen molar-refractivity contribution >= 4 is 17.2 Å². The van der Waals surface area contributed by atoms with E-state index in [1.807, 2.05) is 25.2 Å². The molecule has 0 atom stereocenters. The summed E-state index contributed by atoms with van der Waals surface area (Å²) in [6.07, 6.45) is 2.95. The minimum absolute atomic E-state index is 0.738. The molecule has 0 bridgehead atoms. The third-order valence-electron chi connectivity index (χ3n) is 2.35. The SMILES string of the molecule is Cc1cn(C)c2ccc(C=O)cc12. The number of carbonyl (C=O) groups is 1. The first-order valence-electron chi connectivity index (χ1n) is 4.23. The lowest BCUT2D eigenvalue weighted by atomic mass is 10.1. The Kier molecular flexibility index (Phi) is 1.69. The molecule has 0 spiro atoms. The maximum Gasteiger partial charge on any atom is 0.150 e. The zero-order valence-corrected chi connectivity index (χ0v) is 7.74. The first-order valence-corrected chi connectivity index (χ1v) is 4.23. The van der Waals surface area contributed by atoms with Crippen molar-refractivity contribution in [1.29, 1.82) is 0 Å². The molecule has 0 unspecified atom stereocenters. The van der Waals surface area contributed by atoms with Crippen LogP contribution in [0.4, 0.5) is 0 Å². The van der Waals surface area contributed by atoms with Gasteiger partial charge < -0.3 is 4.57 Å². The van der Waals surface area contributed by atoms with E-state index in [1.54, 1.807) is 0 Å². The fourth-order valence-electron chi connectivity index (χ4n) is 1.68. The maximum absolute atomic E-state index is 10.6. The van der Waals surface area contributed by atoms with Crippen LogP contribution in [0.25, 0.3) is 10.9 Å². The van der Waals surface area contributed by atoms with Crippen LogP contribution in [0.2, 0.25) is 0 Å². The molecule has 0 radical (unpaired) electrons. The van der Waals surface area contributed by atoms with Crippen LogP contribution >= 0.6 is 0 Å². The highest BCUT2D eigenvalue weighted by atomic mass is 16.1. The Balaban J connectivity index is 2.83. The molecule has 0 N–H and O–H groups in total. The van der Waals surface area contributed by atoms with Gasteiger partial charge in [0.05, 0.1) is 0 Å². The van der Waals surface area contributed by atoms with E-state index in [1.165, 1.54) is 11.1 Å². The van der Waals surface area contributed by atoms with E-state index in [0.717, 1.165) is 17.2 Å².